The molecule has 10 nitrogen and oxygen atoms in total. The summed E-state index contributed by atoms with van der Waals surface area (Å²) in [5, 5.41) is 0. The van der Waals surface area contributed by atoms with Crippen LogP contribution >= 0.6 is 0 Å². The molecule has 1 saturated carbocycles. The van der Waals surface area contributed by atoms with Crippen LogP contribution in [0.4, 0.5) is 0 Å². The van der Waals surface area contributed by atoms with Crippen LogP contribution in [0.1, 0.15) is 54.9 Å². The maximum Gasteiger partial charge on any atom is 0.342 e. The van der Waals surface area contributed by atoms with Gasteiger partial charge in [-0.3, -0.25) is 14.4 Å². The van der Waals surface area contributed by atoms with Gasteiger partial charge in [-0.05, 0) is 32.9 Å². The molecule has 2 aliphatic carbocycles. The predicted molar refractivity (Wildman–Crippen MR) is 121 cm³/mol. The summed E-state index contributed by atoms with van der Waals surface area (Å²) in [4.78, 5) is 50.0. The smallest absolute Gasteiger partial charge is 0.342 e. The molecular formula is C26H32O10. The van der Waals surface area contributed by atoms with E-state index in [0.29, 0.717) is 6.42 Å². The van der Waals surface area contributed by atoms with E-state index in [4.69, 9.17) is 28.4 Å². The van der Waals surface area contributed by atoms with Crippen LogP contribution in [0, 0.1) is 11.3 Å². The maximum atomic E-state index is 13.0. The summed E-state index contributed by atoms with van der Waals surface area (Å²) in [5.74, 6) is -2.88. The molecule has 3 aliphatic heterocycles. The molecule has 10 unspecified atom stereocenters. The molecule has 36 heavy (non-hydrogen) atoms. The molecule has 0 N–H and O–H groups in total. The second-order valence-corrected chi connectivity index (χ2v) is 11.1. The standard InChI is InChI=1S/C26H32O10/c1-12-8-9-16(31-13(2)27)23(5)17(32-14(3)28)11-18-24(6,35-18)20(23)21(33-15(4)29)26-19(10-12)34-22(30)25(26,7)36-26/h8-10,16-21H,11H2,1-7H3. The second-order valence-electron chi connectivity index (χ2n) is 11.1. The van der Waals surface area contributed by atoms with Crippen molar-refractivity contribution in [3.8, 4) is 0 Å². The average molecular weight is 505 g/mol. The first-order valence-electron chi connectivity index (χ1n) is 12.2. The van der Waals surface area contributed by atoms with E-state index in [1.54, 1.807) is 25.2 Å². The summed E-state index contributed by atoms with van der Waals surface area (Å²) in [5.41, 5.74) is -3.95. The van der Waals surface area contributed by atoms with Crippen molar-refractivity contribution in [1.29, 1.82) is 0 Å². The fourth-order valence-corrected chi connectivity index (χ4v) is 6.93. The number of ether oxygens (including phenoxy) is 6. The van der Waals surface area contributed by atoms with Gasteiger partial charge in [0.15, 0.2) is 17.3 Å². The largest absolute Gasteiger partial charge is 0.462 e. The number of carbonyl (C=O) groups is 4. The molecule has 4 fully saturated rings. The maximum absolute atomic E-state index is 13.0. The predicted octanol–water partition coefficient (Wildman–Crippen LogP) is 1.93. The van der Waals surface area contributed by atoms with Gasteiger partial charge in [0.1, 0.15) is 18.3 Å². The molecule has 10 heteroatoms. The lowest BCUT2D eigenvalue weighted by molar-refractivity contribution is -0.205. The van der Waals surface area contributed by atoms with Gasteiger partial charge in [-0.25, -0.2) is 4.79 Å². The van der Waals surface area contributed by atoms with Gasteiger partial charge in [0.2, 0.25) is 0 Å². The van der Waals surface area contributed by atoms with E-state index in [-0.39, 0.29) is 6.10 Å². The Morgan fingerprint density at radius 1 is 1.00 bits per heavy atom. The van der Waals surface area contributed by atoms with Gasteiger partial charge in [-0.1, -0.05) is 18.6 Å². The highest BCUT2D eigenvalue weighted by Crippen LogP contribution is 2.69. The third-order valence-electron chi connectivity index (χ3n) is 8.69. The zero-order valence-corrected chi connectivity index (χ0v) is 21.5. The first-order chi connectivity index (χ1) is 16.7. The topological polar surface area (TPSA) is 130 Å². The Bertz CT molecular complexity index is 1110. The quantitative estimate of drug-likeness (QED) is 0.319. The van der Waals surface area contributed by atoms with Crippen molar-refractivity contribution in [2.75, 3.05) is 0 Å². The van der Waals surface area contributed by atoms with Crippen molar-refractivity contribution in [2.45, 2.75) is 102 Å². The molecule has 0 radical (unpaired) electrons. The highest BCUT2D eigenvalue weighted by atomic mass is 16.7. The molecule has 3 saturated heterocycles. The number of epoxide rings is 2. The minimum atomic E-state index is -1.36. The van der Waals surface area contributed by atoms with Gasteiger partial charge in [0.05, 0.1) is 17.1 Å². The number of hydrogen-bond donors (Lipinski definition) is 0. The SMILES string of the molecule is CC(=O)OC1C=CC(C)=CC2OC(=O)C3(C)OC23C(OC(C)=O)C2C3(C)OC3CC(OC(C)=O)C12C. The van der Waals surface area contributed by atoms with E-state index in [1.807, 2.05) is 20.8 Å². The first-order valence-corrected chi connectivity index (χ1v) is 12.2. The average Bonchev–Trinajstić information content (AvgIpc) is 3.58. The summed E-state index contributed by atoms with van der Waals surface area (Å²) in [6.07, 6.45) is 1.77. The van der Waals surface area contributed by atoms with E-state index in [2.05, 4.69) is 0 Å². The van der Waals surface area contributed by atoms with Crippen molar-refractivity contribution in [2.24, 2.45) is 11.3 Å². The van der Waals surface area contributed by atoms with E-state index in [1.165, 1.54) is 20.8 Å². The number of hydrogen-bond acceptors (Lipinski definition) is 10. The summed E-state index contributed by atoms with van der Waals surface area (Å²) in [6, 6.07) is 0. The lowest BCUT2D eigenvalue weighted by atomic mass is 9.54. The molecule has 0 bridgehead atoms. The zero-order valence-electron chi connectivity index (χ0n) is 21.5. The Balaban J connectivity index is 1.78. The Morgan fingerprint density at radius 2 is 1.64 bits per heavy atom. The van der Waals surface area contributed by atoms with Crippen LogP contribution in [0.5, 0.6) is 0 Å². The van der Waals surface area contributed by atoms with Crippen molar-refractivity contribution in [1.82, 2.24) is 0 Å². The van der Waals surface area contributed by atoms with Gasteiger partial charge < -0.3 is 28.4 Å². The minimum Gasteiger partial charge on any atom is -0.462 e. The van der Waals surface area contributed by atoms with Gasteiger partial charge in [0, 0.05) is 33.1 Å². The monoisotopic (exact) mass is 504 g/mol. The molecule has 0 aromatic carbocycles. The number of esters is 4. The fourth-order valence-electron chi connectivity index (χ4n) is 6.93. The highest BCUT2D eigenvalue weighted by molar-refractivity contribution is 5.89. The summed E-state index contributed by atoms with van der Waals surface area (Å²) >= 11 is 0. The van der Waals surface area contributed by atoms with E-state index < -0.39 is 76.4 Å². The van der Waals surface area contributed by atoms with Gasteiger partial charge in [-0.2, -0.15) is 0 Å². The first kappa shape index (κ1) is 25.0. The van der Waals surface area contributed by atoms with Crippen LogP contribution in [-0.4, -0.2) is 71.2 Å². The van der Waals surface area contributed by atoms with Crippen molar-refractivity contribution in [3.63, 3.8) is 0 Å². The van der Waals surface area contributed by atoms with Gasteiger partial charge in [0.25, 0.3) is 0 Å². The lowest BCUT2D eigenvalue weighted by Crippen LogP contribution is -2.66. The highest BCUT2D eigenvalue weighted by Gasteiger charge is 2.89. The molecule has 5 aliphatic rings. The van der Waals surface area contributed by atoms with Crippen LogP contribution in [0.2, 0.25) is 0 Å². The molecule has 3 heterocycles. The Kier molecular flexibility index (Phi) is 5.30. The van der Waals surface area contributed by atoms with Crippen molar-refractivity contribution < 1.29 is 47.6 Å². The third-order valence-corrected chi connectivity index (χ3v) is 8.69. The molecule has 10 atom stereocenters. The number of carbonyl (C=O) groups excluding carboxylic acids is 4. The number of fused-ring (bicyclic) bond motifs is 3. The van der Waals surface area contributed by atoms with Crippen LogP contribution in [0.25, 0.3) is 0 Å². The molecule has 5 rings (SSSR count). The van der Waals surface area contributed by atoms with Crippen LogP contribution in [0.15, 0.2) is 23.8 Å². The molecule has 0 aromatic rings. The molecule has 196 valence electrons. The summed E-state index contributed by atoms with van der Waals surface area (Å²) < 4.78 is 35.8. The molecule has 1 spiro atoms. The second kappa shape index (κ2) is 7.64. The zero-order chi connectivity index (χ0) is 26.4. The molecule has 0 amide bonds. The van der Waals surface area contributed by atoms with Gasteiger partial charge in [-0.15, -0.1) is 0 Å². The molecular weight excluding hydrogens is 472 g/mol. The number of allylic oxidation sites excluding steroid dienone is 2. The third kappa shape index (κ3) is 3.23. The normalized spacial score (nSPS) is 48.1. The Labute approximate surface area is 209 Å². The Morgan fingerprint density at radius 3 is 2.22 bits per heavy atom. The van der Waals surface area contributed by atoms with Crippen LogP contribution < -0.4 is 0 Å². The van der Waals surface area contributed by atoms with E-state index in [9.17, 15) is 19.2 Å². The van der Waals surface area contributed by atoms with Crippen molar-refractivity contribution >= 4 is 23.9 Å². The lowest BCUT2D eigenvalue weighted by Gasteiger charge is -2.53. The van der Waals surface area contributed by atoms with E-state index in [0.717, 1.165) is 5.57 Å². The van der Waals surface area contributed by atoms with Crippen molar-refractivity contribution in [3.05, 3.63) is 23.8 Å². The molecule has 0 aromatic heterocycles. The Hall–Kier alpha value is -2.72. The van der Waals surface area contributed by atoms with Crippen LogP contribution in [-0.2, 0) is 47.6 Å². The summed E-state index contributed by atoms with van der Waals surface area (Å²) in [6.45, 7) is 11.1. The fraction of sp³-hybridized carbons (Fsp3) is 0.692. The van der Waals surface area contributed by atoms with Crippen LogP contribution in [0.3, 0.4) is 0 Å². The van der Waals surface area contributed by atoms with Gasteiger partial charge >= 0.3 is 23.9 Å². The summed E-state index contributed by atoms with van der Waals surface area (Å²) in [7, 11) is 0. The number of rotatable bonds is 3. The van der Waals surface area contributed by atoms with E-state index >= 15 is 0 Å². The minimum absolute atomic E-state index is 0.307.